The minimum absolute atomic E-state index is 0.0502. The molecule has 1 aliphatic carbocycles. The third kappa shape index (κ3) is 5.13. The third-order valence-electron chi connectivity index (χ3n) is 7.67. The lowest BCUT2D eigenvalue weighted by Crippen LogP contribution is -2.40. The molecule has 1 atom stereocenters. The van der Waals surface area contributed by atoms with Gasteiger partial charge in [0.25, 0.3) is 5.91 Å². The number of anilines is 2. The summed E-state index contributed by atoms with van der Waals surface area (Å²) in [7, 11) is 0. The van der Waals surface area contributed by atoms with Gasteiger partial charge in [-0.1, -0.05) is 86.6 Å². The number of nitrogens with zero attached hydrogens (tertiary/aromatic N) is 1. The van der Waals surface area contributed by atoms with Gasteiger partial charge in [-0.3, -0.25) is 14.5 Å². The number of hydrogen-bond donors (Lipinski definition) is 1. The summed E-state index contributed by atoms with van der Waals surface area (Å²) in [5.74, 6) is -0.654. The Morgan fingerprint density at radius 1 is 0.902 bits per heavy atom. The van der Waals surface area contributed by atoms with Crippen molar-refractivity contribution in [1.29, 1.82) is 0 Å². The molecule has 2 aliphatic rings. The number of hydrogen-bond acceptors (Lipinski definition) is 4. The zero-order chi connectivity index (χ0) is 28.6. The van der Waals surface area contributed by atoms with E-state index in [1.54, 1.807) is 17.0 Å². The summed E-state index contributed by atoms with van der Waals surface area (Å²) in [4.78, 5) is 30.0. The Hall–Kier alpha value is -4.71. The van der Waals surface area contributed by atoms with Crippen molar-refractivity contribution in [3.05, 3.63) is 137 Å². The number of Topliss-reactive ketones (excluding diaryl/α,β-unsaturated/α-hetero) is 1. The van der Waals surface area contributed by atoms with Gasteiger partial charge < -0.3 is 10.1 Å². The zero-order valence-corrected chi connectivity index (χ0v) is 23.1. The Bertz CT molecular complexity index is 1660. The van der Waals surface area contributed by atoms with Gasteiger partial charge in [0.2, 0.25) is 0 Å². The molecule has 0 bridgehead atoms. The highest BCUT2D eigenvalue weighted by atomic mass is 19.1. The van der Waals surface area contributed by atoms with E-state index in [-0.39, 0.29) is 16.8 Å². The number of ketones is 1. The molecule has 6 rings (SSSR count). The van der Waals surface area contributed by atoms with Crippen LogP contribution in [0.1, 0.15) is 54.2 Å². The summed E-state index contributed by atoms with van der Waals surface area (Å²) in [6.07, 6.45) is 0.947. The van der Waals surface area contributed by atoms with E-state index in [4.69, 9.17) is 4.74 Å². The summed E-state index contributed by atoms with van der Waals surface area (Å²) >= 11 is 0. The molecule has 1 heterocycles. The molecule has 0 aromatic heterocycles. The predicted octanol–water partition coefficient (Wildman–Crippen LogP) is 7.86. The number of para-hydroxylation sites is 3. The van der Waals surface area contributed by atoms with Crippen LogP contribution in [0.2, 0.25) is 0 Å². The van der Waals surface area contributed by atoms with E-state index in [9.17, 15) is 9.59 Å². The Kier molecular flexibility index (Phi) is 6.91. The summed E-state index contributed by atoms with van der Waals surface area (Å²) in [5, 5.41) is 3.51. The predicted molar refractivity (Wildman–Crippen MR) is 158 cm³/mol. The van der Waals surface area contributed by atoms with Gasteiger partial charge in [0.05, 0.1) is 23.0 Å². The number of amides is 1. The fourth-order valence-electron chi connectivity index (χ4n) is 5.84. The van der Waals surface area contributed by atoms with E-state index >= 15 is 4.39 Å². The second-order valence-corrected chi connectivity index (χ2v) is 11.3. The third-order valence-corrected chi connectivity index (χ3v) is 7.67. The highest BCUT2D eigenvalue weighted by molar-refractivity contribution is 6.12. The standard InChI is InChI=1S/C35H31FN2O3/c1-35(2)20-28-32(30(39)21-35)33(25-15-7-11-19-31(25)41-22-23-12-4-3-5-13-23)38(29-18-10-9-17-27(29)37-28)34(40)24-14-6-8-16-26(24)36/h3-19,33,37H,20-22H2,1-2H3/t33-/m1/s1. The minimum Gasteiger partial charge on any atom is -0.489 e. The summed E-state index contributed by atoms with van der Waals surface area (Å²) in [6.45, 7) is 4.45. The van der Waals surface area contributed by atoms with Crippen molar-refractivity contribution in [2.45, 2.75) is 39.3 Å². The van der Waals surface area contributed by atoms with Crippen LogP contribution in [0.15, 0.2) is 114 Å². The van der Waals surface area contributed by atoms with Gasteiger partial charge in [0.1, 0.15) is 18.2 Å². The SMILES string of the molecule is CC1(C)CC(=O)C2=C(C1)Nc1ccccc1N(C(=O)c1ccccc1F)[C@@H]2c1ccccc1OCc1ccccc1. The molecule has 0 saturated heterocycles. The van der Waals surface area contributed by atoms with Crippen LogP contribution in [0.3, 0.4) is 0 Å². The molecule has 4 aromatic rings. The lowest BCUT2D eigenvalue weighted by molar-refractivity contribution is -0.118. The Morgan fingerprint density at radius 3 is 2.39 bits per heavy atom. The molecule has 0 radical (unpaired) electrons. The number of halogens is 1. The van der Waals surface area contributed by atoms with Crippen molar-refractivity contribution in [3.8, 4) is 5.75 Å². The topological polar surface area (TPSA) is 58.6 Å². The lowest BCUT2D eigenvalue weighted by atomic mass is 9.73. The first-order chi connectivity index (χ1) is 19.8. The lowest BCUT2D eigenvalue weighted by Gasteiger charge is -2.37. The van der Waals surface area contributed by atoms with Crippen LogP contribution in [0.4, 0.5) is 15.8 Å². The zero-order valence-electron chi connectivity index (χ0n) is 23.1. The fraction of sp³-hybridized carbons (Fsp3) is 0.200. The fourth-order valence-corrected chi connectivity index (χ4v) is 5.84. The largest absolute Gasteiger partial charge is 0.489 e. The Morgan fingerprint density at radius 2 is 1.59 bits per heavy atom. The number of fused-ring (bicyclic) bond motifs is 1. The van der Waals surface area contributed by atoms with Gasteiger partial charge in [-0.25, -0.2) is 4.39 Å². The first kappa shape index (κ1) is 26.5. The van der Waals surface area contributed by atoms with Gasteiger partial charge in [-0.15, -0.1) is 0 Å². The smallest absolute Gasteiger partial charge is 0.262 e. The highest BCUT2D eigenvalue weighted by Crippen LogP contribution is 2.50. The molecular weight excluding hydrogens is 515 g/mol. The van der Waals surface area contributed by atoms with Crippen LogP contribution in [0.5, 0.6) is 5.75 Å². The summed E-state index contributed by atoms with van der Waals surface area (Å²) < 4.78 is 21.5. The average Bonchev–Trinajstić information content (AvgIpc) is 3.10. The number of benzene rings is 4. The van der Waals surface area contributed by atoms with Crippen LogP contribution in [0.25, 0.3) is 0 Å². The first-order valence-corrected chi connectivity index (χ1v) is 13.8. The molecule has 0 unspecified atom stereocenters. The molecular formula is C35H31FN2O3. The van der Waals surface area contributed by atoms with E-state index in [1.807, 2.05) is 78.9 Å². The molecule has 206 valence electrons. The van der Waals surface area contributed by atoms with Gasteiger partial charge in [-0.05, 0) is 47.7 Å². The maximum Gasteiger partial charge on any atom is 0.262 e. The molecule has 0 fully saturated rings. The van der Waals surface area contributed by atoms with Crippen molar-refractivity contribution < 1.29 is 18.7 Å². The van der Waals surface area contributed by atoms with Crippen LogP contribution < -0.4 is 15.0 Å². The van der Waals surface area contributed by atoms with Crippen molar-refractivity contribution >= 4 is 23.1 Å². The van der Waals surface area contributed by atoms with Crippen LogP contribution >= 0.6 is 0 Å². The Labute approximate surface area is 239 Å². The van der Waals surface area contributed by atoms with Gasteiger partial charge in [0, 0.05) is 23.3 Å². The number of nitrogens with one attached hydrogen (secondary N) is 1. The van der Waals surface area contributed by atoms with Crippen molar-refractivity contribution in [2.75, 3.05) is 10.2 Å². The van der Waals surface area contributed by atoms with Crippen LogP contribution in [-0.2, 0) is 11.4 Å². The molecule has 1 aliphatic heterocycles. The monoisotopic (exact) mass is 546 g/mol. The molecule has 0 saturated carbocycles. The van der Waals surface area contributed by atoms with Crippen LogP contribution in [-0.4, -0.2) is 11.7 Å². The van der Waals surface area contributed by atoms with Crippen molar-refractivity contribution in [2.24, 2.45) is 5.41 Å². The maximum absolute atomic E-state index is 15.1. The molecule has 5 nitrogen and oxygen atoms in total. The first-order valence-electron chi connectivity index (χ1n) is 13.8. The molecule has 0 spiro atoms. The average molecular weight is 547 g/mol. The molecule has 1 N–H and O–H groups in total. The second-order valence-electron chi connectivity index (χ2n) is 11.3. The van der Waals surface area contributed by atoms with Gasteiger partial charge in [-0.2, -0.15) is 0 Å². The second kappa shape index (κ2) is 10.7. The number of carbonyl (C=O) groups is 2. The number of carbonyl (C=O) groups excluding carboxylic acids is 2. The number of allylic oxidation sites excluding steroid dienone is 1. The van der Waals surface area contributed by atoms with Crippen molar-refractivity contribution in [3.63, 3.8) is 0 Å². The van der Waals surface area contributed by atoms with Gasteiger partial charge in [0.15, 0.2) is 5.78 Å². The van der Waals surface area contributed by atoms with Crippen LogP contribution in [0, 0.1) is 11.2 Å². The number of rotatable bonds is 5. The van der Waals surface area contributed by atoms with E-state index < -0.39 is 17.8 Å². The van der Waals surface area contributed by atoms with E-state index in [2.05, 4.69) is 19.2 Å². The van der Waals surface area contributed by atoms with E-state index in [1.165, 1.54) is 12.1 Å². The summed E-state index contributed by atoms with van der Waals surface area (Å²) in [6, 6.07) is 29.8. The molecule has 6 heteroatoms. The maximum atomic E-state index is 15.1. The quantitative estimate of drug-likeness (QED) is 0.277. The molecule has 4 aromatic carbocycles. The normalized spacial score (nSPS) is 17.7. The molecule has 41 heavy (non-hydrogen) atoms. The minimum atomic E-state index is -0.844. The van der Waals surface area contributed by atoms with E-state index in [0.29, 0.717) is 47.7 Å². The summed E-state index contributed by atoms with van der Waals surface area (Å²) in [5.41, 5.74) is 3.83. The Balaban J connectivity index is 1.58. The number of ether oxygens (including phenoxy) is 1. The van der Waals surface area contributed by atoms with E-state index in [0.717, 1.165) is 11.3 Å². The van der Waals surface area contributed by atoms with Crippen molar-refractivity contribution in [1.82, 2.24) is 0 Å². The van der Waals surface area contributed by atoms with Gasteiger partial charge >= 0.3 is 0 Å². The highest BCUT2D eigenvalue weighted by Gasteiger charge is 2.44. The molecule has 1 amide bonds.